The molecule has 0 spiro atoms. The van der Waals surface area contributed by atoms with E-state index in [1.165, 1.54) is 0 Å². The second kappa shape index (κ2) is 6.91. The fourth-order valence-electron chi connectivity index (χ4n) is 2.57. The van der Waals surface area contributed by atoms with E-state index >= 15 is 0 Å². The van der Waals surface area contributed by atoms with E-state index < -0.39 is 9.84 Å². The quantitative estimate of drug-likeness (QED) is 0.896. The molecule has 6 heteroatoms. The molecule has 4 nitrogen and oxygen atoms in total. The number of halogens is 1. The highest BCUT2D eigenvalue weighted by Crippen LogP contribution is 2.27. The first-order valence-corrected chi connectivity index (χ1v) is 9.67. The highest BCUT2D eigenvalue weighted by Gasteiger charge is 2.27. The number of nitrogens with one attached hydrogen (secondary N) is 1. The van der Waals surface area contributed by atoms with Crippen LogP contribution in [-0.2, 0) is 16.4 Å². The van der Waals surface area contributed by atoms with Gasteiger partial charge in [-0.2, -0.15) is 0 Å². The van der Waals surface area contributed by atoms with E-state index in [-0.39, 0.29) is 17.5 Å². The molecule has 2 aromatic rings. The zero-order valence-electron chi connectivity index (χ0n) is 12.5. The second-order valence-corrected chi connectivity index (χ2v) is 8.29. The number of ether oxygens (including phenoxy) is 1. The Balaban J connectivity index is 1.61. The lowest BCUT2D eigenvalue weighted by Crippen LogP contribution is -2.29. The van der Waals surface area contributed by atoms with Crippen LogP contribution >= 0.6 is 11.6 Å². The fourth-order valence-corrected chi connectivity index (χ4v) is 4.52. The van der Waals surface area contributed by atoms with Crippen LogP contribution in [0.25, 0.3) is 0 Å². The first-order valence-electron chi connectivity index (χ1n) is 7.47. The molecule has 1 saturated heterocycles. The molecular weight excluding hydrogens is 334 g/mol. The molecule has 3 rings (SSSR count). The van der Waals surface area contributed by atoms with Crippen molar-refractivity contribution in [3.63, 3.8) is 0 Å². The predicted molar refractivity (Wildman–Crippen MR) is 91.9 cm³/mol. The second-order valence-electron chi connectivity index (χ2n) is 5.65. The van der Waals surface area contributed by atoms with Crippen LogP contribution in [0, 0.1) is 0 Å². The Labute approximate surface area is 141 Å². The normalized spacial score (nSPS) is 19.6. The van der Waals surface area contributed by atoms with E-state index in [4.69, 9.17) is 16.3 Å². The number of para-hydroxylation sites is 1. The summed E-state index contributed by atoms with van der Waals surface area (Å²) in [4.78, 5) is 0. The summed E-state index contributed by atoms with van der Waals surface area (Å²) in [5, 5.41) is 3.86. The third-order valence-electron chi connectivity index (χ3n) is 3.82. The summed E-state index contributed by atoms with van der Waals surface area (Å²) in [6.45, 7) is 0.546. The van der Waals surface area contributed by atoms with Crippen molar-refractivity contribution in [2.45, 2.75) is 19.0 Å². The lowest BCUT2D eigenvalue weighted by molar-refractivity contribution is 0.482. The molecule has 1 heterocycles. The summed E-state index contributed by atoms with van der Waals surface area (Å²) in [5.74, 6) is 1.90. The number of hydrogen-bond donors (Lipinski definition) is 1. The van der Waals surface area contributed by atoms with E-state index in [2.05, 4.69) is 5.32 Å². The first kappa shape index (κ1) is 16.3. The van der Waals surface area contributed by atoms with Crippen molar-refractivity contribution in [3.8, 4) is 11.5 Å². The zero-order valence-corrected chi connectivity index (χ0v) is 14.1. The van der Waals surface area contributed by atoms with Crippen LogP contribution in [0.3, 0.4) is 0 Å². The largest absolute Gasteiger partial charge is 0.457 e. The van der Waals surface area contributed by atoms with Crippen molar-refractivity contribution in [3.05, 3.63) is 59.1 Å². The van der Waals surface area contributed by atoms with Gasteiger partial charge in [-0.3, -0.25) is 0 Å². The Hall–Kier alpha value is -1.56. The van der Waals surface area contributed by atoms with Crippen LogP contribution in [0.2, 0.25) is 5.02 Å². The van der Waals surface area contributed by atoms with Gasteiger partial charge in [0.15, 0.2) is 9.84 Å². The van der Waals surface area contributed by atoms with Crippen LogP contribution in [0.1, 0.15) is 12.0 Å². The SMILES string of the molecule is O=S1(=O)CCC(NCc2ccc(Oc3ccccc3)cc2Cl)C1. The minimum Gasteiger partial charge on any atom is -0.457 e. The number of sulfone groups is 1. The third-order valence-corrected chi connectivity index (χ3v) is 5.94. The van der Waals surface area contributed by atoms with Gasteiger partial charge in [0.2, 0.25) is 0 Å². The summed E-state index contributed by atoms with van der Waals surface area (Å²) in [5.41, 5.74) is 0.927. The van der Waals surface area contributed by atoms with Gasteiger partial charge in [-0.1, -0.05) is 35.9 Å². The average molecular weight is 352 g/mol. The Bertz CT molecular complexity index is 778. The van der Waals surface area contributed by atoms with Gasteiger partial charge in [-0.15, -0.1) is 0 Å². The summed E-state index contributed by atoms with van der Waals surface area (Å²) < 4.78 is 28.6. The highest BCUT2D eigenvalue weighted by molar-refractivity contribution is 7.91. The molecule has 0 radical (unpaired) electrons. The van der Waals surface area contributed by atoms with Gasteiger partial charge >= 0.3 is 0 Å². The minimum absolute atomic E-state index is 0.0105. The molecule has 2 aromatic carbocycles. The van der Waals surface area contributed by atoms with Crippen molar-refractivity contribution in [2.75, 3.05) is 11.5 Å². The lowest BCUT2D eigenvalue weighted by atomic mass is 10.2. The van der Waals surface area contributed by atoms with Crippen molar-refractivity contribution < 1.29 is 13.2 Å². The maximum absolute atomic E-state index is 11.5. The standard InChI is InChI=1S/C17H18ClNO3S/c18-17-10-16(22-15-4-2-1-3-5-15)7-6-13(17)11-19-14-8-9-23(20,21)12-14/h1-7,10,14,19H,8-9,11-12H2. The molecule has 0 bridgehead atoms. The molecule has 0 amide bonds. The minimum atomic E-state index is -2.87. The van der Waals surface area contributed by atoms with Gasteiger partial charge in [0.1, 0.15) is 11.5 Å². The number of hydrogen-bond acceptors (Lipinski definition) is 4. The average Bonchev–Trinajstić information content (AvgIpc) is 2.87. The Morgan fingerprint density at radius 1 is 1.13 bits per heavy atom. The molecule has 1 aliphatic heterocycles. The smallest absolute Gasteiger partial charge is 0.151 e. The van der Waals surface area contributed by atoms with Gasteiger partial charge in [0.05, 0.1) is 11.5 Å². The topological polar surface area (TPSA) is 55.4 Å². The molecular formula is C17H18ClNO3S. The van der Waals surface area contributed by atoms with Gasteiger partial charge < -0.3 is 10.1 Å². The molecule has 1 fully saturated rings. The van der Waals surface area contributed by atoms with E-state index in [0.29, 0.717) is 23.7 Å². The van der Waals surface area contributed by atoms with E-state index in [0.717, 1.165) is 11.3 Å². The molecule has 0 aromatic heterocycles. The summed E-state index contributed by atoms with van der Waals surface area (Å²) in [7, 11) is -2.87. The van der Waals surface area contributed by atoms with E-state index in [1.54, 1.807) is 6.07 Å². The van der Waals surface area contributed by atoms with Crippen LogP contribution in [0.5, 0.6) is 11.5 Å². The van der Waals surface area contributed by atoms with Gasteiger partial charge in [0, 0.05) is 17.6 Å². The zero-order chi connectivity index (χ0) is 16.3. The molecule has 1 unspecified atom stereocenters. The maximum Gasteiger partial charge on any atom is 0.151 e. The first-order chi connectivity index (χ1) is 11.0. The summed E-state index contributed by atoms with van der Waals surface area (Å²) >= 11 is 6.30. The third kappa shape index (κ3) is 4.47. The van der Waals surface area contributed by atoms with E-state index in [9.17, 15) is 8.42 Å². The van der Waals surface area contributed by atoms with Gasteiger partial charge in [-0.05, 0) is 36.2 Å². The van der Waals surface area contributed by atoms with E-state index in [1.807, 2.05) is 42.5 Å². The van der Waals surface area contributed by atoms with Crippen LogP contribution in [-0.4, -0.2) is 26.0 Å². The molecule has 23 heavy (non-hydrogen) atoms. The Morgan fingerprint density at radius 2 is 1.91 bits per heavy atom. The lowest BCUT2D eigenvalue weighted by Gasteiger charge is -2.13. The molecule has 1 N–H and O–H groups in total. The highest BCUT2D eigenvalue weighted by atomic mass is 35.5. The Kier molecular flexibility index (Phi) is 4.90. The number of benzene rings is 2. The summed E-state index contributed by atoms with van der Waals surface area (Å²) in [6.07, 6.45) is 0.662. The molecule has 0 saturated carbocycles. The maximum atomic E-state index is 11.5. The van der Waals surface area contributed by atoms with Crippen LogP contribution < -0.4 is 10.1 Å². The molecule has 1 atom stereocenters. The van der Waals surface area contributed by atoms with Gasteiger partial charge in [-0.25, -0.2) is 8.42 Å². The van der Waals surface area contributed by atoms with Crippen molar-refractivity contribution in [1.82, 2.24) is 5.32 Å². The fraction of sp³-hybridized carbons (Fsp3) is 0.294. The van der Waals surface area contributed by atoms with Crippen LogP contribution in [0.15, 0.2) is 48.5 Å². The van der Waals surface area contributed by atoms with Crippen LogP contribution in [0.4, 0.5) is 0 Å². The van der Waals surface area contributed by atoms with Crippen molar-refractivity contribution >= 4 is 21.4 Å². The molecule has 1 aliphatic rings. The van der Waals surface area contributed by atoms with Crippen molar-refractivity contribution in [2.24, 2.45) is 0 Å². The van der Waals surface area contributed by atoms with Gasteiger partial charge in [0.25, 0.3) is 0 Å². The Morgan fingerprint density at radius 3 is 2.57 bits per heavy atom. The van der Waals surface area contributed by atoms with Crippen molar-refractivity contribution in [1.29, 1.82) is 0 Å². The summed E-state index contributed by atoms with van der Waals surface area (Å²) in [6, 6.07) is 15.0. The predicted octanol–water partition coefficient (Wildman–Crippen LogP) is 3.41. The molecule has 0 aliphatic carbocycles. The monoisotopic (exact) mass is 351 g/mol. The number of rotatable bonds is 5. The molecule has 122 valence electrons.